The highest BCUT2D eigenvalue weighted by Gasteiger charge is 2.42. The molecule has 0 bridgehead atoms. The van der Waals surface area contributed by atoms with Crippen molar-refractivity contribution in [2.45, 2.75) is 13.8 Å². The predicted octanol–water partition coefficient (Wildman–Crippen LogP) is 0.859. The molecule has 0 saturated carbocycles. The molecule has 0 amide bonds. The first-order valence-electron chi connectivity index (χ1n) is 9.48. The van der Waals surface area contributed by atoms with Gasteiger partial charge >= 0.3 is 24.2 Å². The van der Waals surface area contributed by atoms with Crippen molar-refractivity contribution in [1.82, 2.24) is 0 Å². The van der Waals surface area contributed by atoms with Crippen molar-refractivity contribution in [3.8, 4) is 12.8 Å². The molecule has 2 aliphatic heterocycles. The van der Waals surface area contributed by atoms with E-state index in [1.807, 2.05) is 0 Å². The molecule has 0 aliphatic carbocycles. The fraction of sp³-hybridized carbons (Fsp3) is 0.684. The maximum absolute atomic E-state index is 11.7. The van der Waals surface area contributed by atoms with Gasteiger partial charge < -0.3 is 38.3 Å². The van der Waals surface area contributed by atoms with Crippen LogP contribution in [0.1, 0.15) is 15.2 Å². The molecular formula is C19H28O12. The lowest BCUT2D eigenvalue weighted by Crippen LogP contribution is -2.44. The van der Waals surface area contributed by atoms with Gasteiger partial charge in [0.05, 0.1) is 19.8 Å². The average molecular weight is 449 g/mol. The van der Waals surface area contributed by atoms with Crippen LogP contribution < -0.4 is 0 Å². The van der Waals surface area contributed by atoms with Crippen LogP contribution in [-0.2, 0) is 42.7 Å². The van der Waals surface area contributed by atoms with E-state index in [4.69, 9.17) is 20.7 Å². The van der Waals surface area contributed by atoms with E-state index in [1.54, 1.807) is 14.0 Å². The van der Waals surface area contributed by atoms with Gasteiger partial charge in [-0.15, -0.1) is 12.8 Å². The highest BCUT2D eigenvalue weighted by Crippen LogP contribution is 2.24. The molecule has 0 aromatic carbocycles. The van der Waals surface area contributed by atoms with Crippen LogP contribution in [0, 0.1) is 23.7 Å². The summed E-state index contributed by atoms with van der Waals surface area (Å²) in [6.45, 7) is 4.15. The van der Waals surface area contributed by atoms with Gasteiger partial charge in [-0.1, -0.05) is 0 Å². The average Bonchev–Trinajstić information content (AvgIpc) is 2.76. The number of carboxylic acids is 1. The van der Waals surface area contributed by atoms with Gasteiger partial charge in [-0.25, -0.2) is 9.59 Å². The molecule has 31 heavy (non-hydrogen) atoms. The van der Waals surface area contributed by atoms with E-state index in [0.717, 1.165) is 0 Å². The zero-order valence-electron chi connectivity index (χ0n) is 18.7. The molecule has 0 spiro atoms. The summed E-state index contributed by atoms with van der Waals surface area (Å²) in [4.78, 5) is 43.3. The number of esters is 1. The number of terminal acetylenes is 1. The minimum atomic E-state index is -1.09. The third-order valence-corrected chi connectivity index (χ3v) is 3.94. The van der Waals surface area contributed by atoms with Crippen LogP contribution in [0.15, 0.2) is 0 Å². The number of hydrogen-bond donors (Lipinski definition) is 1. The number of methoxy groups -OCH3 is 1. The Hall–Kier alpha value is -3.04. The first kappa shape index (κ1) is 26.0. The van der Waals surface area contributed by atoms with Crippen molar-refractivity contribution in [3.63, 3.8) is 0 Å². The second-order valence-corrected chi connectivity index (χ2v) is 6.82. The van der Waals surface area contributed by atoms with Gasteiger partial charge in [-0.2, -0.15) is 0 Å². The standard InChI is InChI=1S/C11H18O7.C6H8O5.C2H2/c1-11(7-17-10(13)18-8-11)9(12)16-6-5-15-4-3-14-2;1-6(4(7)8)2-10-5(9)11-3-6;1-2/h3-8H2,1-2H3;2-3H2,1H3,(H,7,8);1-2H/i;;1D. The molecule has 0 unspecified atom stereocenters. The van der Waals surface area contributed by atoms with E-state index in [1.165, 1.54) is 13.3 Å². The monoisotopic (exact) mass is 449 g/mol. The summed E-state index contributed by atoms with van der Waals surface area (Å²) in [6, 6.07) is 0. The fourth-order valence-electron chi connectivity index (χ4n) is 1.89. The number of carbonyl (C=O) groups is 4. The van der Waals surface area contributed by atoms with Crippen molar-refractivity contribution in [3.05, 3.63) is 0 Å². The third-order valence-electron chi connectivity index (χ3n) is 3.94. The lowest BCUT2D eigenvalue weighted by Gasteiger charge is -2.29. The van der Waals surface area contributed by atoms with Gasteiger partial charge in [0, 0.05) is 7.11 Å². The first-order valence-corrected chi connectivity index (χ1v) is 8.98. The molecule has 2 fully saturated rings. The van der Waals surface area contributed by atoms with E-state index >= 15 is 0 Å². The number of aliphatic carboxylic acids is 1. The van der Waals surface area contributed by atoms with E-state index < -0.39 is 35.1 Å². The Morgan fingerprint density at radius 2 is 1.39 bits per heavy atom. The number of carboxylic acid groups (broad SMARTS) is 1. The lowest BCUT2D eigenvalue weighted by molar-refractivity contribution is -0.167. The number of cyclic esters (lactones) is 4. The minimum Gasteiger partial charge on any atom is -0.481 e. The van der Waals surface area contributed by atoms with Gasteiger partial charge in [-0.05, 0) is 13.8 Å². The number of hydrogen-bond acceptors (Lipinski definition) is 11. The zero-order chi connectivity index (χ0) is 24.6. The van der Waals surface area contributed by atoms with Crippen LogP contribution >= 0.6 is 0 Å². The highest BCUT2D eigenvalue weighted by molar-refractivity contribution is 5.78. The molecule has 1 N–H and O–H groups in total. The second kappa shape index (κ2) is 14.1. The summed E-state index contributed by atoms with van der Waals surface area (Å²) >= 11 is 0. The first-order chi connectivity index (χ1) is 15.0. The van der Waals surface area contributed by atoms with Gasteiger partial charge in [0.15, 0.2) is 0 Å². The molecule has 0 aromatic rings. The zero-order valence-corrected chi connectivity index (χ0v) is 17.7. The summed E-state index contributed by atoms with van der Waals surface area (Å²) in [7, 11) is 1.58. The van der Waals surface area contributed by atoms with Gasteiger partial charge in [0.2, 0.25) is 0 Å². The smallest absolute Gasteiger partial charge is 0.481 e. The van der Waals surface area contributed by atoms with Crippen molar-refractivity contribution in [2.75, 3.05) is 60.0 Å². The van der Waals surface area contributed by atoms with Crippen molar-refractivity contribution < 1.29 is 58.8 Å². The molecule has 2 heterocycles. The van der Waals surface area contributed by atoms with Crippen LogP contribution in [0.4, 0.5) is 9.59 Å². The summed E-state index contributed by atoms with van der Waals surface area (Å²) in [6.07, 6.45) is 4.20. The maximum Gasteiger partial charge on any atom is 0.508 e. The number of rotatable bonds is 8. The second-order valence-electron chi connectivity index (χ2n) is 6.82. The van der Waals surface area contributed by atoms with Crippen LogP contribution in [-0.4, -0.2) is 89.3 Å². The minimum absolute atomic E-state index is 0.0325. The Labute approximate surface area is 181 Å². The number of carbonyl (C=O) groups excluding carboxylic acids is 3. The summed E-state index contributed by atoms with van der Waals surface area (Å²) in [5, 5.41) is 8.61. The van der Waals surface area contributed by atoms with Gasteiger partial charge in [0.25, 0.3) is 0 Å². The largest absolute Gasteiger partial charge is 0.508 e. The summed E-state index contributed by atoms with van der Waals surface area (Å²) in [5.74, 6) is -1.49. The molecule has 176 valence electrons. The Morgan fingerprint density at radius 1 is 0.968 bits per heavy atom. The summed E-state index contributed by atoms with van der Waals surface area (Å²) < 4.78 is 38.9. The molecule has 2 rings (SSSR count). The van der Waals surface area contributed by atoms with Gasteiger partial charge in [0.1, 0.15) is 45.2 Å². The van der Waals surface area contributed by atoms with Crippen LogP contribution in [0.5, 0.6) is 0 Å². The van der Waals surface area contributed by atoms with E-state index in [2.05, 4.69) is 25.4 Å². The fourth-order valence-corrected chi connectivity index (χ4v) is 1.89. The SMILES string of the molecule is CC1(C(=O)O)COC(=O)OC1.COCCOCCOC(=O)C1(C)COC(=O)OC1.[2H]C#C. The predicted molar refractivity (Wildman–Crippen MR) is 102 cm³/mol. The summed E-state index contributed by atoms with van der Waals surface area (Å²) in [5.41, 5.74) is -2.03. The molecule has 0 aromatic heterocycles. The quantitative estimate of drug-likeness (QED) is 0.242. The normalized spacial score (nSPS) is 18.3. The van der Waals surface area contributed by atoms with Gasteiger partial charge in [-0.3, -0.25) is 9.59 Å². The van der Waals surface area contributed by atoms with Crippen molar-refractivity contribution >= 4 is 24.2 Å². The lowest BCUT2D eigenvalue weighted by atomic mass is 9.93. The molecule has 12 heteroatoms. The molecule has 12 nitrogen and oxygen atoms in total. The van der Waals surface area contributed by atoms with E-state index in [9.17, 15) is 19.2 Å². The molecular weight excluding hydrogens is 420 g/mol. The Kier molecular flexibility index (Phi) is 11.8. The van der Waals surface area contributed by atoms with Crippen LogP contribution in [0.2, 0.25) is 0 Å². The molecule has 0 atom stereocenters. The van der Waals surface area contributed by atoms with E-state index in [0.29, 0.717) is 19.8 Å². The Balaban J connectivity index is 0.000000582. The van der Waals surface area contributed by atoms with Crippen molar-refractivity contribution in [2.24, 2.45) is 10.8 Å². The molecule has 2 aliphatic rings. The Bertz CT molecular complexity index is 652. The highest BCUT2D eigenvalue weighted by atomic mass is 16.7. The van der Waals surface area contributed by atoms with Crippen LogP contribution in [0.3, 0.4) is 0 Å². The topological polar surface area (TPSA) is 153 Å². The molecule has 2 saturated heterocycles. The van der Waals surface area contributed by atoms with Crippen LogP contribution in [0.25, 0.3) is 0 Å². The third kappa shape index (κ3) is 10.0. The maximum atomic E-state index is 11.7. The van der Waals surface area contributed by atoms with E-state index in [-0.39, 0.29) is 33.0 Å². The van der Waals surface area contributed by atoms with Crippen molar-refractivity contribution in [1.29, 1.82) is 0 Å². The number of ether oxygens (including phenoxy) is 7. The molecule has 0 radical (unpaired) electrons. The Morgan fingerprint density at radius 3 is 1.81 bits per heavy atom.